The van der Waals surface area contributed by atoms with Gasteiger partial charge in [0.2, 0.25) is 11.8 Å². The molecule has 0 heterocycles. The fourth-order valence-electron chi connectivity index (χ4n) is 3.17. The van der Waals surface area contributed by atoms with Gasteiger partial charge in [0, 0.05) is 30.8 Å². The number of amides is 2. The van der Waals surface area contributed by atoms with Crippen LogP contribution in [0.15, 0.2) is 0 Å². The van der Waals surface area contributed by atoms with E-state index in [1.165, 1.54) is 0 Å². The van der Waals surface area contributed by atoms with Crippen LogP contribution in [0.25, 0.3) is 0 Å². The lowest BCUT2D eigenvalue weighted by atomic mass is 9.80. The van der Waals surface area contributed by atoms with Crippen LogP contribution < -0.4 is 10.6 Å². The molecule has 0 bridgehead atoms. The normalized spacial score (nSPS) is 19.9. The highest BCUT2D eigenvalue weighted by atomic mass is 16.5. The van der Waals surface area contributed by atoms with Gasteiger partial charge in [0.05, 0.1) is 19.3 Å². The molecule has 7 heteroatoms. The molecule has 0 atom stereocenters. The Hall–Kier alpha value is -1.47. The molecule has 156 valence electrons. The first kappa shape index (κ1) is 23.6. The number of hydrogen-bond donors (Lipinski definition) is 2. The van der Waals surface area contributed by atoms with Crippen LogP contribution in [0.1, 0.15) is 59.8 Å². The van der Waals surface area contributed by atoms with Gasteiger partial charge in [-0.15, -0.1) is 0 Å². The quantitative estimate of drug-likeness (QED) is 0.501. The summed E-state index contributed by atoms with van der Waals surface area (Å²) in [5.74, 6) is 0.323. The summed E-state index contributed by atoms with van der Waals surface area (Å²) >= 11 is 0. The second-order valence-corrected chi connectivity index (χ2v) is 7.75. The lowest BCUT2D eigenvalue weighted by Gasteiger charge is -2.29. The molecule has 1 aliphatic carbocycles. The van der Waals surface area contributed by atoms with Crippen LogP contribution in [0.5, 0.6) is 0 Å². The van der Waals surface area contributed by atoms with Crippen LogP contribution in [-0.2, 0) is 23.9 Å². The lowest BCUT2D eigenvalue weighted by molar-refractivity contribution is -0.127. The average Bonchev–Trinajstić information content (AvgIpc) is 2.61. The molecule has 0 aromatic carbocycles. The van der Waals surface area contributed by atoms with Gasteiger partial charge in [-0.3, -0.25) is 14.4 Å². The number of nitrogens with one attached hydrogen (secondary N) is 2. The summed E-state index contributed by atoms with van der Waals surface area (Å²) in [5, 5.41) is 5.69. The third kappa shape index (κ3) is 10.4. The Kier molecular flexibility index (Phi) is 11.2. The molecule has 0 aromatic heterocycles. The highest BCUT2D eigenvalue weighted by molar-refractivity contribution is 5.83. The van der Waals surface area contributed by atoms with Crippen molar-refractivity contribution < 1.29 is 23.9 Å². The third-order valence-electron chi connectivity index (χ3n) is 4.65. The molecule has 0 aromatic rings. The average molecular weight is 385 g/mol. The molecule has 1 fully saturated rings. The Bertz CT molecular complexity index is 471. The van der Waals surface area contributed by atoms with Crippen molar-refractivity contribution in [2.45, 2.75) is 71.9 Å². The Labute approximate surface area is 162 Å². The topological polar surface area (TPSA) is 93.7 Å². The molecule has 27 heavy (non-hydrogen) atoms. The Morgan fingerprint density at radius 3 is 2.22 bits per heavy atom. The van der Waals surface area contributed by atoms with E-state index in [0.717, 1.165) is 25.7 Å². The Morgan fingerprint density at radius 2 is 1.63 bits per heavy atom. The van der Waals surface area contributed by atoms with E-state index in [1.54, 1.807) is 0 Å². The maximum atomic E-state index is 12.0. The van der Waals surface area contributed by atoms with Crippen LogP contribution >= 0.6 is 0 Å². The van der Waals surface area contributed by atoms with E-state index >= 15 is 0 Å². The number of ether oxygens (including phenoxy) is 2. The Morgan fingerprint density at radius 1 is 0.963 bits per heavy atom. The van der Waals surface area contributed by atoms with Gasteiger partial charge >= 0.3 is 0 Å². The van der Waals surface area contributed by atoms with Gasteiger partial charge in [-0.1, -0.05) is 13.8 Å². The number of hydrogen-bond acceptors (Lipinski definition) is 5. The number of carbonyl (C=O) groups is 3. The van der Waals surface area contributed by atoms with E-state index in [0.29, 0.717) is 32.0 Å². The largest absolute Gasteiger partial charge is 0.378 e. The van der Waals surface area contributed by atoms with E-state index in [4.69, 9.17) is 9.47 Å². The third-order valence-corrected chi connectivity index (χ3v) is 4.65. The molecule has 2 amide bonds. The van der Waals surface area contributed by atoms with Crippen LogP contribution in [0.4, 0.5) is 0 Å². The Balaban J connectivity index is 2.05. The first-order valence-corrected chi connectivity index (χ1v) is 10.1. The molecule has 0 saturated heterocycles. The van der Waals surface area contributed by atoms with Gasteiger partial charge in [-0.25, -0.2) is 0 Å². The van der Waals surface area contributed by atoms with Crippen molar-refractivity contribution in [2.75, 3.05) is 26.4 Å². The predicted molar refractivity (Wildman–Crippen MR) is 103 cm³/mol. The zero-order valence-corrected chi connectivity index (χ0v) is 17.2. The summed E-state index contributed by atoms with van der Waals surface area (Å²) < 4.78 is 10.6. The minimum absolute atomic E-state index is 0.0167. The highest BCUT2D eigenvalue weighted by Gasteiger charge is 2.28. The first-order valence-electron chi connectivity index (χ1n) is 10.1. The van der Waals surface area contributed by atoms with E-state index in [-0.39, 0.29) is 42.4 Å². The van der Waals surface area contributed by atoms with E-state index in [9.17, 15) is 14.4 Å². The van der Waals surface area contributed by atoms with Gasteiger partial charge in [0.1, 0.15) is 12.4 Å². The molecule has 1 aliphatic rings. The number of carbonyl (C=O) groups excluding carboxylic acids is 3. The maximum Gasteiger partial charge on any atom is 0.246 e. The summed E-state index contributed by atoms with van der Waals surface area (Å²) in [4.78, 5) is 35.5. The molecular formula is C20H36N2O5. The molecule has 0 unspecified atom stereocenters. The van der Waals surface area contributed by atoms with E-state index < -0.39 is 0 Å². The van der Waals surface area contributed by atoms with E-state index in [2.05, 4.69) is 10.6 Å². The SMILES string of the molecule is CC(C)OCCC(=O)NCCOCC(=O)NC1CCC(C(=O)C(C)C)CC1. The number of rotatable bonds is 12. The van der Waals surface area contributed by atoms with Crippen LogP contribution in [0.3, 0.4) is 0 Å². The summed E-state index contributed by atoms with van der Waals surface area (Å²) in [6.45, 7) is 8.77. The van der Waals surface area contributed by atoms with Gasteiger partial charge in [0.15, 0.2) is 0 Å². The minimum Gasteiger partial charge on any atom is -0.378 e. The van der Waals surface area contributed by atoms with Gasteiger partial charge in [-0.2, -0.15) is 0 Å². The van der Waals surface area contributed by atoms with Crippen LogP contribution in [-0.4, -0.2) is 56.1 Å². The molecule has 2 N–H and O–H groups in total. The molecule has 7 nitrogen and oxygen atoms in total. The van der Waals surface area contributed by atoms with Crippen molar-refractivity contribution in [2.24, 2.45) is 11.8 Å². The lowest BCUT2D eigenvalue weighted by Crippen LogP contribution is -2.41. The van der Waals surface area contributed by atoms with Gasteiger partial charge < -0.3 is 20.1 Å². The maximum absolute atomic E-state index is 12.0. The second kappa shape index (κ2) is 12.8. The highest BCUT2D eigenvalue weighted by Crippen LogP contribution is 2.27. The predicted octanol–water partition coefficient (Wildman–Crippen LogP) is 1.83. The first-order chi connectivity index (χ1) is 12.8. The van der Waals surface area contributed by atoms with Crippen LogP contribution in [0, 0.1) is 11.8 Å². The van der Waals surface area contributed by atoms with Crippen molar-refractivity contribution in [1.82, 2.24) is 10.6 Å². The zero-order valence-electron chi connectivity index (χ0n) is 17.2. The van der Waals surface area contributed by atoms with Crippen LogP contribution in [0.2, 0.25) is 0 Å². The standard InChI is InChI=1S/C20H36N2O5/c1-14(2)20(25)16-5-7-17(8-6-16)22-19(24)13-26-12-10-21-18(23)9-11-27-15(3)4/h14-17H,5-13H2,1-4H3,(H,21,23)(H,22,24). The van der Waals surface area contributed by atoms with Crippen molar-refractivity contribution in [3.8, 4) is 0 Å². The molecule has 0 aliphatic heterocycles. The second-order valence-electron chi connectivity index (χ2n) is 7.75. The van der Waals surface area contributed by atoms with Crippen molar-refractivity contribution in [3.05, 3.63) is 0 Å². The monoisotopic (exact) mass is 384 g/mol. The molecular weight excluding hydrogens is 348 g/mol. The van der Waals surface area contributed by atoms with Gasteiger partial charge in [-0.05, 0) is 39.5 Å². The summed E-state index contributed by atoms with van der Waals surface area (Å²) in [5.41, 5.74) is 0. The minimum atomic E-state index is -0.148. The van der Waals surface area contributed by atoms with Crippen molar-refractivity contribution in [3.63, 3.8) is 0 Å². The number of Topliss-reactive ketones (excluding diaryl/α,β-unsaturated/α-hetero) is 1. The van der Waals surface area contributed by atoms with Gasteiger partial charge in [0.25, 0.3) is 0 Å². The summed E-state index contributed by atoms with van der Waals surface area (Å²) in [7, 11) is 0. The smallest absolute Gasteiger partial charge is 0.246 e. The van der Waals surface area contributed by atoms with Crippen molar-refractivity contribution in [1.29, 1.82) is 0 Å². The molecule has 0 spiro atoms. The zero-order chi connectivity index (χ0) is 20.2. The number of ketones is 1. The molecule has 0 radical (unpaired) electrons. The summed E-state index contributed by atoms with van der Waals surface area (Å²) in [6.07, 6.45) is 3.79. The fraction of sp³-hybridized carbons (Fsp3) is 0.850. The fourth-order valence-corrected chi connectivity index (χ4v) is 3.17. The summed E-state index contributed by atoms with van der Waals surface area (Å²) in [6, 6.07) is 0.123. The molecule has 1 rings (SSSR count). The van der Waals surface area contributed by atoms with Crippen molar-refractivity contribution >= 4 is 17.6 Å². The molecule has 1 saturated carbocycles. The van der Waals surface area contributed by atoms with E-state index in [1.807, 2.05) is 27.7 Å².